The largest absolute Gasteiger partial charge is 0.271 e. The second-order valence-corrected chi connectivity index (χ2v) is 5.22. The smallest absolute Gasteiger partial charge is 0.141 e. The number of hydrogen-bond acceptors (Lipinski definition) is 3. The van der Waals surface area contributed by atoms with Crippen LogP contribution in [0.5, 0.6) is 0 Å². The molecule has 90 valence electrons. The van der Waals surface area contributed by atoms with Gasteiger partial charge in [0.25, 0.3) is 0 Å². The summed E-state index contributed by atoms with van der Waals surface area (Å²) < 4.78 is 12.7. The maximum Gasteiger partial charge on any atom is 0.141 e. The minimum absolute atomic E-state index is 0.0141. The lowest BCUT2D eigenvalue weighted by molar-refractivity contribution is 0.331. The zero-order valence-electron chi connectivity index (χ0n) is 10.1. The monoisotopic (exact) mass is 225 g/mol. The summed E-state index contributed by atoms with van der Waals surface area (Å²) >= 11 is 0. The Kier molecular flexibility index (Phi) is 4.38. The summed E-state index contributed by atoms with van der Waals surface area (Å²) in [5.74, 6) is 5.16. The number of hydrogen-bond donors (Lipinski definition) is 2. The van der Waals surface area contributed by atoms with Crippen LogP contribution >= 0.6 is 0 Å². The summed E-state index contributed by atoms with van der Waals surface area (Å²) in [6, 6.07) is 3.06. The van der Waals surface area contributed by atoms with Crippen LogP contribution in [-0.4, -0.2) is 4.98 Å². The molecule has 0 bridgehead atoms. The molecule has 4 heteroatoms. The van der Waals surface area contributed by atoms with Gasteiger partial charge in [0, 0.05) is 0 Å². The number of aromatic nitrogens is 1. The third kappa shape index (κ3) is 4.24. The minimum Gasteiger partial charge on any atom is -0.271 e. The van der Waals surface area contributed by atoms with E-state index in [9.17, 15) is 4.39 Å². The van der Waals surface area contributed by atoms with E-state index in [1.165, 1.54) is 12.3 Å². The van der Waals surface area contributed by atoms with Crippen LogP contribution in [0.1, 0.15) is 45.3 Å². The molecule has 1 unspecified atom stereocenters. The first-order valence-corrected chi connectivity index (χ1v) is 5.50. The van der Waals surface area contributed by atoms with E-state index >= 15 is 0 Å². The first-order valence-electron chi connectivity index (χ1n) is 5.50. The van der Waals surface area contributed by atoms with Crippen LogP contribution in [0.2, 0.25) is 0 Å². The van der Waals surface area contributed by atoms with Crippen molar-refractivity contribution in [1.82, 2.24) is 10.4 Å². The van der Waals surface area contributed by atoms with Crippen LogP contribution in [0.25, 0.3) is 0 Å². The summed E-state index contributed by atoms with van der Waals surface area (Å²) in [5.41, 5.74) is 3.77. The molecule has 0 aliphatic carbocycles. The van der Waals surface area contributed by atoms with Gasteiger partial charge in [-0.05, 0) is 30.4 Å². The van der Waals surface area contributed by atoms with Crippen molar-refractivity contribution < 1.29 is 4.39 Å². The van der Waals surface area contributed by atoms with E-state index in [2.05, 4.69) is 31.2 Å². The first kappa shape index (κ1) is 13.1. The summed E-state index contributed by atoms with van der Waals surface area (Å²) in [4.78, 5) is 4.03. The van der Waals surface area contributed by atoms with Crippen molar-refractivity contribution >= 4 is 0 Å². The maximum atomic E-state index is 12.7. The Morgan fingerprint density at radius 2 is 2.12 bits per heavy atom. The highest BCUT2D eigenvalue weighted by Gasteiger charge is 2.16. The van der Waals surface area contributed by atoms with Gasteiger partial charge < -0.3 is 0 Å². The molecule has 0 aromatic carbocycles. The maximum absolute atomic E-state index is 12.7. The average Bonchev–Trinajstić information content (AvgIpc) is 2.20. The fraction of sp³-hybridized carbons (Fsp3) is 0.583. The van der Waals surface area contributed by atoms with Crippen molar-refractivity contribution in [3.63, 3.8) is 0 Å². The molecule has 0 radical (unpaired) electrons. The van der Waals surface area contributed by atoms with Gasteiger partial charge in [-0.25, -0.2) is 4.39 Å². The molecule has 0 fully saturated rings. The highest BCUT2D eigenvalue weighted by Crippen LogP contribution is 2.26. The fourth-order valence-electron chi connectivity index (χ4n) is 1.49. The van der Waals surface area contributed by atoms with Crippen molar-refractivity contribution in [3.8, 4) is 0 Å². The van der Waals surface area contributed by atoms with Crippen molar-refractivity contribution in [2.45, 2.75) is 39.7 Å². The van der Waals surface area contributed by atoms with Crippen LogP contribution in [0, 0.1) is 11.2 Å². The summed E-state index contributed by atoms with van der Waals surface area (Å²) in [6.45, 7) is 6.54. The standard InChI is InChI=1S/C12H20FN3/c1-12(2,3)7-6-11(16-14)10-5-4-9(13)8-15-10/h4-5,8,11,16H,6-7,14H2,1-3H3. The number of rotatable bonds is 4. The van der Waals surface area contributed by atoms with Crippen LogP contribution in [0.15, 0.2) is 18.3 Å². The lowest BCUT2D eigenvalue weighted by Crippen LogP contribution is -2.29. The highest BCUT2D eigenvalue weighted by molar-refractivity contribution is 5.09. The lowest BCUT2D eigenvalue weighted by Gasteiger charge is -2.22. The second kappa shape index (κ2) is 5.37. The average molecular weight is 225 g/mol. The van der Waals surface area contributed by atoms with E-state index in [0.717, 1.165) is 18.5 Å². The molecule has 0 amide bonds. The normalized spacial score (nSPS) is 13.8. The van der Waals surface area contributed by atoms with Gasteiger partial charge in [-0.15, -0.1) is 0 Å². The molecule has 16 heavy (non-hydrogen) atoms. The van der Waals surface area contributed by atoms with E-state index < -0.39 is 0 Å². The molecular formula is C12H20FN3. The van der Waals surface area contributed by atoms with Gasteiger partial charge in [0.2, 0.25) is 0 Å². The molecule has 1 heterocycles. The van der Waals surface area contributed by atoms with E-state index in [-0.39, 0.29) is 17.3 Å². The molecule has 0 spiro atoms. The Bertz CT molecular complexity index is 316. The van der Waals surface area contributed by atoms with Gasteiger partial charge in [-0.3, -0.25) is 16.3 Å². The predicted octanol–water partition coefficient (Wildman–Crippen LogP) is 2.55. The molecule has 1 atom stereocenters. The Hall–Kier alpha value is -1.00. The molecule has 1 aromatic rings. The third-order valence-corrected chi connectivity index (χ3v) is 2.49. The topological polar surface area (TPSA) is 50.9 Å². The number of halogens is 1. The number of nitrogens with zero attached hydrogens (tertiary/aromatic N) is 1. The van der Waals surface area contributed by atoms with Gasteiger partial charge >= 0.3 is 0 Å². The summed E-state index contributed by atoms with van der Waals surface area (Å²) in [7, 11) is 0. The molecule has 3 nitrogen and oxygen atoms in total. The van der Waals surface area contributed by atoms with Gasteiger partial charge in [0.15, 0.2) is 0 Å². The Balaban J connectivity index is 2.64. The predicted molar refractivity (Wildman–Crippen MR) is 62.9 cm³/mol. The van der Waals surface area contributed by atoms with Crippen molar-refractivity contribution in [1.29, 1.82) is 0 Å². The van der Waals surface area contributed by atoms with Gasteiger partial charge in [0.05, 0.1) is 17.9 Å². The summed E-state index contributed by atoms with van der Waals surface area (Å²) in [6.07, 6.45) is 3.14. The number of hydrazine groups is 1. The van der Waals surface area contributed by atoms with Crippen molar-refractivity contribution in [2.24, 2.45) is 11.3 Å². The summed E-state index contributed by atoms with van der Waals surface area (Å²) in [5, 5.41) is 0. The van der Waals surface area contributed by atoms with E-state index in [1.54, 1.807) is 6.07 Å². The molecule has 1 aromatic heterocycles. The van der Waals surface area contributed by atoms with Crippen molar-refractivity contribution in [3.05, 3.63) is 29.8 Å². The second-order valence-electron chi connectivity index (χ2n) is 5.22. The quantitative estimate of drug-likeness (QED) is 0.611. The SMILES string of the molecule is CC(C)(C)CCC(NN)c1ccc(F)cn1. The fourth-order valence-corrected chi connectivity index (χ4v) is 1.49. The number of nitrogens with one attached hydrogen (secondary N) is 1. The first-order chi connectivity index (χ1) is 7.42. The van der Waals surface area contributed by atoms with E-state index in [1.807, 2.05) is 0 Å². The van der Waals surface area contributed by atoms with Crippen molar-refractivity contribution in [2.75, 3.05) is 0 Å². The van der Waals surface area contributed by atoms with Crippen LogP contribution in [-0.2, 0) is 0 Å². The van der Waals surface area contributed by atoms with Crippen LogP contribution in [0.4, 0.5) is 4.39 Å². The Morgan fingerprint density at radius 3 is 2.56 bits per heavy atom. The van der Waals surface area contributed by atoms with E-state index in [4.69, 9.17) is 5.84 Å². The molecule has 0 saturated carbocycles. The molecule has 0 aliphatic rings. The third-order valence-electron chi connectivity index (χ3n) is 2.49. The molecular weight excluding hydrogens is 205 g/mol. The number of pyridine rings is 1. The zero-order chi connectivity index (χ0) is 12.2. The molecule has 0 saturated heterocycles. The lowest BCUT2D eigenvalue weighted by atomic mass is 9.88. The number of nitrogens with two attached hydrogens (primary N) is 1. The molecule has 1 rings (SSSR count). The zero-order valence-corrected chi connectivity index (χ0v) is 10.1. The highest BCUT2D eigenvalue weighted by atomic mass is 19.1. The minimum atomic E-state index is -0.324. The van der Waals surface area contributed by atoms with Gasteiger partial charge in [0.1, 0.15) is 5.82 Å². The van der Waals surface area contributed by atoms with Crippen LogP contribution < -0.4 is 11.3 Å². The Morgan fingerprint density at radius 1 is 1.44 bits per heavy atom. The molecule has 0 aliphatic heterocycles. The Labute approximate surface area is 96.2 Å². The molecule has 3 N–H and O–H groups in total. The van der Waals surface area contributed by atoms with Gasteiger partial charge in [-0.1, -0.05) is 20.8 Å². The van der Waals surface area contributed by atoms with Gasteiger partial charge in [-0.2, -0.15) is 0 Å². The van der Waals surface area contributed by atoms with Crippen LogP contribution in [0.3, 0.4) is 0 Å². The van der Waals surface area contributed by atoms with E-state index in [0.29, 0.717) is 0 Å².